The first-order valence-electron chi connectivity index (χ1n) is 9.15. The summed E-state index contributed by atoms with van der Waals surface area (Å²) in [4.78, 5) is 26.5. The van der Waals surface area contributed by atoms with Crippen LogP contribution in [0.25, 0.3) is 0 Å². The van der Waals surface area contributed by atoms with E-state index in [0.29, 0.717) is 24.5 Å². The molecule has 6 nitrogen and oxygen atoms in total. The van der Waals surface area contributed by atoms with Gasteiger partial charge in [-0.25, -0.2) is 0 Å². The molecule has 0 radical (unpaired) electrons. The second-order valence-electron chi connectivity index (χ2n) is 6.51. The van der Waals surface area contributed by atoms with Crippen LogP contribution in [-0.4, -0.2) is 50.7 Å². The lowest BCUT2D eigenvalue weighted by atomic mass is 10.1. The highest BCUT2D eigenvalue weighted by Crippen LogP contribution is 2.17. The number of nitrogens with zero attached hydrogens (tertiary/aromatic N) is 1. The second-order valence-corrected chi connectivity index (χ2v) is 6.51. The number of methoxy groups -OCH3 is 2. The van der Waals surface area contributed by atoms with Gasteiger partial charge in [0.1, 0.15) is 18.1 Å². The summed E-state index contributed by atoms with van der Waals surface area (Å²) in [5.41, 5.74) is 1.50. The Labute approximate surface area is 166 Å². The molecule has 1 unspecified atom stereocenters. The van der Waals surface area contributed by atoms with Gasteiger partial charge in [-0.15, -0.1) is 0 Å². The lowest BCUT2D eigenvalue weighted by molar-refractivity contribution is -0.145. The molecule has 0 saturated carbocycles. The van der Waals surface area contributed by atoms with Gasteiger partial charge >= 0.3 is 5.97 Å². The van der Waals surface area contributed by atoms with Gasteiger partial charge in [-0.05, 0) is 42.8 Å². The third-order valence-corrected chi connectivity index (χ3v) is 4.45. The van der Waals surface area contributed by atoms with Crippen LogP contribution in [-0.2, 0) is 9.53 Å². The topological polar surface area (TPSA) is 65.1 Å². The van der Waals surface area contributed by atoms with Crippen LogP contribution in [0.1, 0.15) is 22.8 Å². The number of rotatable bonds is 9. The third kappa shape index (κ3) is 5.74. The largest absolute Gasteiger partial charge is 0.497 e. The fourth-order valence-corrected chi connectivity index (χ4v) is 2.81. The Morgan fingerprint density at radius 1 is 1.00 bits per heavy atom. The number of amides is 1. The SMILES string of the molecule is COC(=O)C(C)CN(CCOc1ccc(OC)cc1)C(=O)c1ccccc1C. The van der Waals surface area contributed by atoms with Crippen molar-refractivity contribution in [1.82, 2.24) is 4.90 Å². The molecule has 0 aliphatic carbocycles. The number of ether oxygens (including phenoxy) is 3. The van der Waals surface area contributed by atoms with Crippen LogP contribution in [0.4, 0.5) is 0 Å². The molecule has 6 heteroatoms. The van der Waals surface area contributed by atoms with Crippen LogP contribution in [0.3, 0.4) is 0 Å². The number of carbonyl (C=O) groups excluding carboxylic acids is 2. The molecule has 150 valence electrons. The van der Waals surface area contributed by atoms with Crippen molar-refractivity contribution in [1.29, 1.82) is 0 Å². The summed E-state index contributed by atoms with van der Waals surface area (Å²) in [6.07, 6.45) is 0. The van der Waals surface area contributed by atoms with Crippen molar-refractivity contribution in [3.63, 3.8) is 0 Å². The number of hydrogen-bond acceptors (Lipinski definition) is 5. The molecule has 0 aliphatic rings. The van der Waals surface area contributed by atoms with Crippen LogP contribution in [0.2, 0.25) is 0 Å². The maximum absolute atomic E-state index is 13.0. The van der Waals surface area contributed by atoms with Gasteiger partial charge in [0.25, 0.3) is 5.91 Å². The fraction of sp³-hybridized carbons (Fsp3) is 0.364. The zero-order valence-corrected chi connectivity index (χ0v) is 16.8. The van der Waals surface area contributed by atoms with Crippen LogP contribution in [0, 0.1) is 12.8 Å². The first-order chi connectivity index (χ1) is 13.5. The van der Waals surface area contributed by atoms with E-state index in [2.05, 4.69) is 0 Å². The molecule has 0 bridgehead atoms. The summed E-state index contributed by atoms with van der Waals surface area (Å²) in [7, 11) is 2.95. The Bertz CT molecular complexity index is 788. The van der Waals surface area contributed by atoms with Crippen LogP contribution >= 0.6 is 0 Å². The summed E-state index contributed by atoms with van der Waals surface area (Å²) in [6, 6.07) is 14.6. The normalized spacial score (nSPS) is 11.4. The van der Waals surface area contributed by atoms with Gasteiger partial charge in [0, 0.05) is 12.1 Å². The van der Waals surface area contributed by atoms with E-state index in [-0.39, 0.29) is 18.4 Å². The molecule has 0 aromatic heterocycles. The molecule has 1 atom stereocenters. The van der Waals surface area contributed by atoms with E-state index in [9.17, 15) is 9.59 Å². The van der Waals surface area contributed by atoms with Crippen molar-refractivity contribution in [3.05, 3.63) is 59.7 Å². The Morgan fingerprint density at radius 2 is 1.64 bits per heavy atom. The highest BCUT2D eigenvalue weighted by molar-refractivity contribution is 5.95. The summed E-state index contributed by atoms with van der Waals surface area (Å²) < 4.78 is 15.7. The number of esters is 1. The lowest BCUT2D eigenvalue weighted by Gasteiger charge is -2.26. The summed E-state index contributed by atoms with van der Waals surface area (Å²) in [5, 5.41) is 0. The van der Waals surface area contributed by atoms with Gasteiger partial charge in [-0.1, -0.05) is 25.1 Å². The number of carbonyl (C=O) groups is 2. The zero-order chi connectivity index (χ0) is 20.5. The lowest BCUT2D eigenvalue weighted by Crippen LogP contribution is -2.40. The van der Waals surface area contributed by atoms with E-state index in [4.69, 9.17) is 14.2 Å². The Kier molecular flexibility index (Phi) is 7.87. The molecular formula is C22H27NO5. The summed E-state index contributed by atoms with van der Waals surface area (Å²) in [5.74, 6) is 0.519. The van der Waals surface area contributed by atoms with Gasteiger partial charge in [0.2, 0.25) is 0 Å². The molecule has 28 heavy (non-hydrogen) atoms. The molecular weight excluding hydrogens is 358 g/mol. The first kappa shape index (κ1) is 21.3. The molecule has 2 aromatic rings. The molecule has 0 aliphatic heterocycles. The van der Waals surface area contributed by atoms with Crippen molar-refractivity contribution in [3.8, 4) is 11.5 Å². The van der Waals surface area contributed by atoms with Crippen molar-refractivity contribution >= 4 is 11.9 Å². The molecule has 0 N–H and O–H groups in total. The van der Waals surface area contributed by atoms with E-state index in [0.717, 1.165) is 11.3 Å². The van der Waals surface area contributed by atoms with E-state index in [1.807, 2.05) is 49.4 Å². The summed E-state index contributed by atoms with van der Waals surface area (Å²) >= 11 is 0. The van der Waals surface area contributed by atoms with Gasteiger partial charge in [0.05, 0.1) is 26.7 Å². The van der Waals surface area contributed by atoms with Crippen LogP contribution in [0.5, 0.6) is 11.5 Å². The Morgan fingerprint density at radius 3 is 2.25 bits per heavy atom. The Hall–Kier alpha value is -3.02. The highest BCUT2D eigenvalue weighted by atomic mass is 16.5. The van der Waals surface area contributed by atoms with Gasteiger partial charge < -0.3 is 19.1 Å². The summed E-state index contributed by atoms with van der Waals surface area (Å²) in [6.45, 7) is 4.54. The predicted molar refractivity (Wildman–Crippen MR) is 107 cm³/mol. The van der Waals surface area contributed by atoms with Crippen molar-refractivity contribution < 1.29 is 23.8 Å². The van der Waals surface area contributed by atoms with Crippen molar-refractivity contribution in [2.45, 2.75) is 13.8 Å². The quantitative estimate of drug-likeness (QED) is 0.620. The van der Waals surface area contributed by atoms with Crippen molar-refractivity contribution in [2.24, 2.45) is 5.92 Å². The Balaban J connectivity index is 2.07. The highest BCUT2D eigenvalue weighted by Gasteiger charge is 2.23. The monoisotopic (exact) mass is 385 g/mol. The molecule has 0 heterocycles. The van der Waals surface area contributed by atoms with Gasteiger partial charge in [-0.3, -0.25) is 9.59 Å². The third-order valence-electron chi connectivity index (χ3n) is 4.45. The molecule has 2 aromatic carbocycles. The van der Waals surface area contributed by atoms with Gasteiger partial charge in [-0.2, -0.15) is 0 Å². The number of benzene rings is 2. The maximum Gasteiger partial charge on any atom is 0.310 e. The van der Waals surface area contributed by atoms with Crippen LogP contribution in [0.15, 0.2) is 48.5 Å². The molecule has 0 saturated heterocycles. The average Bonchev–Trinajstić information content (AvgIpc) is 2.72. The van der Waals surface area contributed by atoms with Gasteiger partial charge in [0.15, 0.2) is 0 Å². The zero-order valence-electron chi connectivity index (χ0n) is 16.8. The van der Waals surface area contributed by atoms with E-state index < -0.39 is 5.92 Å². The average molecular weight is 385 g/mol. The number of hydrogen-bond donors (Lipinski definition) is 0. The van der Waals surface area contributed by atoms with Crippen molar-refractivity contribution in [2.75, 3.05) is 33.9 Å². The fourth-order valence-electron chi connectivity index (χ4n) is 2.81. The molecule has 1 amide bonds. The van der Waals surface area contributed by atoms with E-state index >= 15 is 0 Å². The smallest absolute Gasteiger partial charge is 0.310 e. The minimum atomic E-state index is -0.432. The minimum absolute atomic E-state index is 0.132. The van der Waals surface area contributed by atoms with Crippen LogP contribution < -0.4 is 9.47 Å². The molecule has 0 spiro atoms. The minimum Gasteiger partial charge on any atom is -0.497 e. The predicted octanol–water partition coefficient (Wildman–Crippen LogP) is 3.33. The number of aryl methyl sites for hydroxylation is 1. The molecule has 0 fully saturated rings. The van der Waals surface area contributed by atoms with E-state index in [1.165, 1.54) is 7.11 Å². The van der Waals surface area contributed by atoms with E-state index in [1.54, 1.807) is 25.0 Å². The maximum atomic E-state index is 13.0. The first-order valence-corrected chi connectivity index (χ1v) is 9.15. The second kappa shape index (κ2) is 10.3. The molecule has 2 rings (SSSR count). The standard InChI is InChI=1S/C22H27NO5/c1-16-7-5-6-8-20(16)21(24)23(15-17(2)22(25)27-4)13-14-28-19-11-9-18(26-3)10-12-19/h5-12,17H,13-15H2,1-4H3.